The van der Waals surface area contributed by atoms with E-state index in [1.165, 1.54) is 12.0 Å². The fourth-order valence-electron chi connectivity index (χ4n) is 4.18. The van der Waals surface area contributed by atoms with E-state index in [9.17, 15) is 14.4 Å². The monoisotopic (exact) mass is 471 g/mol. The number of imide groups is 1. The Bertz CT molecular complexity index is 1410. The van der Waals surface area contributed by atoms with E-state index in [2.05, 4.69) is 37.7 Å². The molecule has 5 N–H and O–H groups in total. The van der Waals surface area contributed by atoms with Crippen LogP contribution in [0.4, 0.5) is 10.6 Å². The van der Waals surface area contributed by atoms with Gasteiger partial charge >= 0.3 is 6.03 Å². The number of carbonyl (C=O) groups is 3. The molecule has 0 spiro atoms. The Labute approximate surface area is 200 Å². The van der Waals surface area contributed by atoms with Crippen molar-refractivity contribution in [3.05, 3.63) is 58.9 Å². The molecule has 11 heteroatoms. The molecular formula is C24H21N7O4. The van der Waals surface area contributed by atoms with E-state index in [1.54, 1.807) is 36.5 Å². The number of anilines is 1. The van der Waals surface area contributed by atoms with Gasteiger partial charge in [-0.05, 0) is 36.8 Å². The van der Waals surface area contributed by atoms with Gasteiger partial charge in [0.15, 0.2) is 5.82 Å². The first-order valence-corrected chi connectivity index (χ1v) is 10.7. The number of amides is 4. The third kappa shape index (κ3) is 3.80. The van der Waals surface area contributed by atoms with E-state index in [4.69, 9.17) is 10.5 Å². The average molecular weight is 471 g/mol. The lowest BCUT2D eigenvalue weighted by atomic mass is 9.99. The average Bonchev–Trinajstić information content (AvgIpc) is 3.45. The normalized spacial score (nSPS) is 18.6. The van der Waals surface area contributed by atoms with Crippen LogP contribution in [0.2, 0.25) is 0 Å². The number of pyridine rings is 1. The van der Waals surface area contributed by atoms with Crippen molar-refractivity contribution in [3.8, 4) is 28.8 Å². The van der Waals surface area contributed by atoms with Crippen molar-refractivity contribution in [1.82, 2.24) is 30.7 Å². The Morgan fingerprint density at radius 3 is 2.69 bits per heavy atom. The van der Waals surface area contributed by atoms with Crippen molar-refractivity contribution in [2.45, 2.75) is 19.0 Å². The van der Waals surface area contributed by atoms with Gasteiger partial charge in [-0.1, -0.05) is 17.9 Å². The number of nitrogens with zero attached hydrogens (tertiary/aromatic N) is 3. The van der Waals surface area contributed by atoms with Crippen LogP contribution in [-0.2, 0) is 11.3 Å². The number of aryl methyl sites for hydroxylation is 1. The number of nitrogens with one attached hydrogen (secondary N) is 3. The van der Waals surface area contributed by atoms with E-state index < -0.39 is 17.5 Å². The number of hydrogen-bond donors (Lipinski definition) is 4. The molecule has 1 aromatic carbocycles. The van der Waals surface area contributed by atoms with Gasteiger partial charge in [0, 0.05) is 29.6 Å². The van der Waals surface area contributed by atoms with Crippen LogP contribution >= 0.6 is 0 Å². The molecule has 4 amide bonds. The first-order valence-electron chi connectivity index (χ1n) is 10.7. The number of fused-ring (bicyclic) bond motifs is 1. The molecular weight excluding hydrogens is 450 g/mol. The van der Waals surface area contributed by atoms with E-state index in [-0.39, 0.29) is 19.0 Å². The van der Waals surface area contributed by atoms with Crippen molar-refractivity contribution in [3.63, 3.8) is 0 Å². The zero-order valence-corrected chi connectivity index (χ0v) is 18.9. The molecule has 11 nitrogen and oxygen atoms in total. The maximum Gasteiger partial charge on any atom is 0.323 e. The molecule has 0 unspecified atom stereocenters. The third-order valence-electron chi connectivity index (χ3n) is 5.98. The van der Waals surface area contributed by atoms with Crippen LogP contribution < -0.4 is 21.1 Å². The summed E-state index contributed by atoms with van der Waals surface area (Å²) in [7, 11) is 1.52. The highest BCUT2D eigenvalue weighted by atomic mass is 16.5. The summed E-state index contributed by atoms with van der Waals surface area (Å²) < 4.78 is 5.21. The number of benzene rings is 1. The van der Waals surface area contributed by atoms with E-state index in [1.807, 2.05) is 6.92 Å². The number of rotatable bonds is 4. The molecule has 2 aromatic heterocycles. The summed E-state index contributed by atoms with van der Waals surface area (Å²) in [4.78, 5) is 43.7. The Hall–Kier alpha value is -4.85. The highest BCUT2D eigenvalue weighted by Crippen LogP contribution is 2.29. The molecule has 1 atom stereocenters. The van der Waals surface area contributed by atoms with Crippen LogP contribution in [0.5, 0.6) is 5.75 Å². The van der Waals surface area contributed by atoms with Gasteiger partial charge in [-0.2, -0.15) is 5.10 Å². The molecule has 2 aliphatic heterocycles. The van der Waals surface area contributed by atoms with Crippen molar-refractivity contribution in [1.29, 1.82) is 0 Å². The summed E-state index contributed by atoms with van der Waals surface area (Å²) in [6.07, 6.45) is 1.54. The van der Waals surface area contributed by atoms with Gasteiger partial charge in [-0.3, -0.25) is 25.0 Å². The van der Waals surface area contributed by atoms with Crippen LogP contribution in [0.15, 0.2) is 36.5 Å². The van der Waals surface area contributed by atoms with Crippen molar-refractivity contribution in [2.75, 3.05) is 19.4 Å². The largest absolute Gasteiger partial charge is 0.497 e. The SMILES string of the molecule is COc1ccc2c(c1)C(=O)N(C[C@@]1(C#Cc3ccc(-c4c(N)n[nH]c4C)nc3)NC(=O)NC1=O)C2. The Kier molecular flexibility index (Phi) is 5.13. The Morgan fingerprint density at radius 1 is 1.23 bits per heavy atom. The first-order chi connectivity index (χ1) is 16.8. The molecule has 1 saturated heterocycles. The fraction of sp³-hybridized carbons (Fsp3) is 0.208. The van der Waals surface area contributed by atoms with Crippen LogP contribution in [0.3, 0.4) is 0 Å². The van der Waals surface area contributed by atoms with Gasteiger partial charge in [0.25, 0.3) is 11.8 Å². The molecule has 0 radical (unpaired) electrons. The Balaban J connectivity index is 1.42. The topological polar surface area (TPSA) is 155 Å². The number of aromatic nitrogens is 3. The molecule has 3 aromatic rings. The number of ether oxygens (including phenoxy) is 1. The zero-order valence-electron chi connectivity index (χ0n) is 18.9. The number of urea groups is 1. The maximum atomic E-state index is 13.0. The van der Waals surface area contributed by atoms with Crippen LogP contribution in [0.25, 0.3) is 11.3 Å². The minimum atomic E-state index is -1.61. The van der Waals surface area contributed by atoms with Gasteiger partial charge in [0.1, 0.15) is 5.75 Å². The number of H-pyrrole nitrogens is 1. The maximum absolute atomic E-state index is 13.0. The summed E-state index contributed by atoms with van der Waals surface area (Å²) in [5, 5.41) is 11.6. The molecule has 0 saturated carbocycles. The molecule has 0 bridgehead atoms. The lowest BCUT2D eigenvalue weighted by Gasteiger charge is -2.26. The lowest BCUT2D eigenvalue weighted by Crippen LogP contribution is -2.54. The number of carbonyl (C=O) groups excluding carboxylic acids is 3. The minimum Gasteiger partial charge on any atom is -0.497 e. The zero-order chi connectivity index (χ0) is 24.7. The second-order valence-corrected chi connectivity index (χ2v) is 8.29. The van der Waals surface area contributed by atoms with Crippen LogP contribution in [0.1, 0.15) is 27.2 Å². The number of hydrogen-bond acceptors (Lipinski definition) is 7. The summed E-state index contributed by atoms with van der Waals surface area (Å²) in [6.45, 7) is 2.00. The van der Waals surface area contributed by atoms with Crippen molar-refractivity contribution < 1.29 is 19.1 Å². The second kappa shape index (κ2) is 8.18. The smallest absolute Gasteiger partial charge is 0.323 e. The highest BCUT2D eigenvalue weighted by molar-refractivity contribution is 6.10. The van der Waals surface area contributed by atoms with E-state index in [0.29, 0.717) is 34.0 Å². The summed E-state index contributed by atoms with van der Waals surface area (Å²) in [5.74, 6) is 5.78. The lowest BCUT2D eigenvalue weighted by molar-refractivity contribution is -0.122. The van der Waals surface area contributed by atoms with Crippen molar-refractivity contribution in [2.24, 2.45) is 0 Å². The van der Waals surface area contributed by atoms with Gasteiger partial charge in [0.05, 0.1) is 24.9 Å². The number of nitrogens with two attached hydrogens (primary N) is 1. The van der Waals surface area contributed by atoms with E-state index >= 15 is 0 Å². The number of aromatic amines is 1. The molecule has 0 aliphatic carbocycles. The molecule has 1 fully saturated rings. The first kappa shape index (κ1) is 22.0. The molecule has 176 valence electrons. The van der Waals surface area contributed by atoms with Gasteiger partial charge in [0.2, 0.25) is 5.54 Å². The van der Waals surface area contributed by atoms with Gasteiger partial charge in [-0.15, -0.1) is 0 Å². The molecule has 35 heavy (non-hydrogen) atoms. The predicted octanol–water partition coefficient (Wildman–Crippen LogP) is 0.957. The molecule has 4 heterocycles. The van der Waals surface area contributed by atoms with Crippen LogP contribution in [0, 0.1) is 18.8 Å². The third-order valence-corrected chi connectivity index (χ3v) is 5.98. The fourth-order valence-corrected chi connectivity index (χ4v) is 4.18. The quantitative estimate of drug-likeness (QED) is 0.326. The highest BCUT2D eigenvalue weighted by Gasteiger charge is 2.48. The predicted molar refractivity (Wildman–Crippen MR) is 125 cm³/mol. The van der Waals surface area contributed by atoms with E-state index in [0.717, 1.165) is 11.3 Å². The Morgan fingerprint density at radius 2 is 2.06 bits per heavy atom. The van der Waals surface area contributed by atoms with Gasteiger partial charge < -0.3 is 20.7 Å². The molecule has 5 rings (SSSR count). The summed E-state index contributed by atoms with van der Waals surface area (Å²) in [6, 6.07) is 8.03. The van der Waals surface area contributed by atoms with Crippen LogP contribution in [-0.4, -0.2) is 57.1 Å². The standard InChI is InChI=1S/C24H21N7O4/c1-13-19(20(25)30-29-13)18-6-3-14(10-26-18)7-8-24(22(33)27-23(34)28-24)12-31-11-15-4-5-16(35-2)9-17(15)21(31)32/h3-6,9-10H,11-12H2,1-2H3,(H3,25,29,30)(H2,27,28,33,34)/t24-/m1/s1. The summed E-state index contributed by atoms with van der Waals surface area (Å²) >= 11 is 0. The van der Waals surface area contributed by atoms with Gasteiger partial charge in [-0.25, -0.2) is 4.79 Å². The number of methoxy groups -OCH3 is 1. The van der Waals surface area contributed by atoms with Crippen molar-refractivity contribution >= 4 is 23.7 Å². The summed E-state index contributed by atoms with van der Waals surface area (Å²) in [5.41, 5.74) is 8.21. The number of nitrogen functional groups attached to an aromatic ring is 1. The second-order valence-electron chi connectivity index (χ2n) is 8.29. The molecule has 2 aliphatic rings. The minimum absolute atomic E-state index is 0.121.